The first-order chi connectivity index (χ1) is 12.0. The lowest BCUT2D eigenvalue weighted by atomic mass is 10.3. The lowest BCUT2D eigenvalue weighted by Gasteiger charge is -2.10. The highest BCUT2D eigenvalue weighted by Crippen LogP contribution is 2.34. The summed E-state index contributed by atoms with van der Waals surface area (Å²) in [6.45, 7) is 3.64. The minimum Gasteiger partial charge on any atom is -0.454 e. The molecule has 0 saturated carbocycles. The van der Waals surface area contributed by atoms with Crippen LogP contribution >= 0.6 is 11.8 Å². The molecule has 8 nitrogen and oxygen atoms in total. The molecule has 132 valence electrons. The van der Waals surface area contributed by atoms with Crippen LogP contribution in [-0.2, 0) is 9.59 Å². The molecule has 2 amide bonds. The minimum absolute atomic E-state index is 0.140. The van der Waals surface area contributed by atoms with Gasteiger partial charge in [0.25, 0.3) is 0 Å². The van der Waals surface area contributed by atoms with Crippen LogP contribution in [0.25, 0.3) is 0 Å². The number of carbonyl (C=O) groups is 2. The van der Waals surface area contributed by atoms with E-state index in [9.17, 15) is 9.59 Å². The first-order valence-corrected chi connectivity index (χ1v) is 8.61. The number of hydrogen-bond acceptors (Lipinski definition) is 7. The van der Waals surface area contributed by atoms with E-state index in [1.807, 2.05) is 0 Å². The van der Waals surface area contributed by atoms with Gasteiger partial charge in [-0.3, -0.25) is 9.59 Å². The Balaban J connectivity index is 1.45. The fraction of sp³-hybridized carbons (Fsp3) is 0.312. The zero-order valence-electron chi connectivity index (χ0n) is 13.7. The second-order valence-corrected chi connectivity index (χ2v) is 6.71. The van der Waals surface area contributed by atoms with Crippen LogP contribution in [0.5, 0.6) is 11.5 Å². The van der Waals surface area contributed by atoms with E-state index in [4.69, 9.17) is 14.0 Å². The zero-order valence-corrected chi connectivity index (χ0v) is 14.5. The monoisotopic (exact) mass is 363 g/mol. The number of benzene rings is 1. The predicted octanol–water partition coefficient (Wildman–Crippen LogP) is 2.41. The van der Waals surface area contributed by atoms with Crippen molar-refractivity contribution in [1.82, 2.24) is 5.16 Å². The Morgan fingerprint density at radius 1 is 1.24 bits per heavy atom. The second-order valence-electron chi connectivity index (χ2n) is 5.38. The summed E-state index contributed by atoms with van der Waals surface area (Å²) in [6, 6.07) is 6.80. The smallest absolute Gasteiger partial charge is 0.238 e. The van der Waals surface area contributed by atoms with Gasteiger partial charge in [-0.25, -0.2) is 0 Å². The molecule has 1 aliphatic rings. The van der Waals surface area contributed by atoms with Gasteiger partial charge in [0.1, 0.15) is 5.76 Å². The molecule has 9 heteroatoms. The van der Waals surface area contributed by atoms with Crippen molar-refractivity contribution >= 4 is 35.1 Å². The Bertz CT molecular complexity index is 792. The highest BCUT2D eigenvalue weighted by Gasteiger charge is 2.18. The van der Waals surface area contributed by atoms with Crippen LogP contribution in [0, 0.1) is 6.92 Å². The number of fused-ring (bicyclic) bond motifs is 1. The Labute approximate surface area is 148 Å². The van der Waals surface area contributed by atoms with Crippen LogP contribution in [0.4, 0.5) is 11.5 Å². The summed E-state index contributed by atoms with van der Waals surface area (Å²) in [5.74, 6) is 1.91. The summed E-state index contributed by atoms with van der Waals surface area (Å²) >= 11 is 1.22. The number of rotatable bonds is 6. The molecular formula is C16H17N3O5S. The number of hydrogen-bond donors (Lipinski definition) is 2. The second kappa shape index (κ2) is 7.47. The molecule has 0 saturated heterocycles. The van der Waals surface area contributed by atoms with Gasteiger partial charge in [-0.15, -0.1) is 11.8 Å². The molecule has 3 rings (SSSR count). The number of anilines is 2. The van der Waals surface area contributed by atoms with Gasteiger partial charge in [-0.1, -0.05) is 5.16 Å². The summed E-state index contributed by atoms with van der Waals surface area (Å²) in [4.78, 5) is 24.1. The topological polar surface area (TPSA) is 103 Å². The van der Waals surface area contributed by atoms with Crippen molar-refractivity contribution in [3.63, 3.8) is 0 Å². The molecule has 1 aliphatic heterocycles. The number of nitrogens with one attached hydrogen (secondary N) is 2. The maximum absolute atomic E-state index is 12.0. The van der Waals surface area contributed by atoms with Crippen LogP contribution in [0.15, 0.2) is 28.8 Å². The summed E-state index contributed by atoms with van der Waals surface area (Å²) in [5.41, 5.74) is 0.616. The third-order valence-electron chi connectivity index (χ3n) is 3.37. The van der Waals surface area contributed by atoms with Gasteiger partial charge in [0.05, 0.1) is 11.0 Å². The normalized spacial score (nSPS) is 13.4. The van der Waals surface area contributed by atoms with Gasteiger partial charge >= 0.3 is 0 Å². The molecule has 0 spiro atoms. The van der Waals surface area contributed by atoms with Crippen molar-refractivity contribution in [2.24, 2.45) is 0 Å². The standard InChI is InChI=1S/C16H17N3O5S/c1-9-5-14(19-24-9)18-16(21)10(2)25-7-15(20)17-11-3-4-12-13(6-11)23-8-22-12/h3-6,10H,7-8H2,1-2H3,(H,17,20)(H,18,19,21)/t10-/m1/s1. The van der Waals surface area contributed by atoms with Crippen molar-refractivity contribution in [2.75, 3.05) is 23.2 Å². The van der Waals surface area contributed by atoms with Crippen LogP contribution < -0.4 is 20.1 Å². The molecule has 0 bridgehead atoms. The van der Waals surface area contributed by atoms with Crippen molar-refractivity contribution in [2.45, 2.75) is 19.1 Å². The molecule has 0 unspecified atom stereocenters. The third kappa shape index (κ3) is 4.44. The molecule has 2 aromatic rings. The highest BCUT2D eigenvalue weighted by atomic mass is 32.2. The van der Waals surface area contributed by atoms with Crippen LogP contribution in [-0.4, -0.2) is 34.8 Å². The van der Waals surface area contributed by atoms with E-state index >= 15 is 0 Å². The largest absolute Gasteiger partial charge is 0.454 e. The molecule has 2 heterocycles. The van der Waals surface area contributed by atoms with Crippen molar-refractivity contribution in [3.8, 4) is 11.5 Å². The van der Waals surface area contributed by atoms with Gasteiger partial charge in [-0.2, -0.15) is 0 Å². The average molecular weight is 363 g/mol. The fourth-order valence-electron chi connectivity index (χ4n) is 2.10. The number of aryl methyl sites for hydroxylation is 1. The lowest BCUT2D eigenvalue weighted by Crippen LogP contribution is -2.25. The summed E-state index contributed by atoms with van der Waals surface area (Å²) in [5, 5.41) is 8.69. The Morgan fingerprint density at radius 2 is 2.04 bits per heavy atom. The molecule has 1 atom stereocenters. The number of aromatic nitrogens is 1. The van der Waals surface area contributed by atoms with Crippen molar-refractivity contribution < 1.29 is 23.6 Å². The van der Waals surface area contributed by atoms with E-state index in [2.05, 4.69) is 15.8 Å². The average Bonchev–Trinajstić information content (AvgIpc) is 3.20. The molecular weight excluding hydrogens is 346 g/mol. The van der Waals surface area contributed by atoms with Gasteiger partial charge in [0.15, 0.2) is 17.3 Å². The first-order valence-electron chi connectivity index (χ1n) is 7.56. The molecule has 0 radical (unpaired) electrons. The van der Waals surface area contributed by atoms with E-state index in [1.54, 1.807) is 38.1 Å². The van der Waals surface area contributed by atoms with Crippen LogP contribution in [0.2, 0.25) is 0 Å². The Kier molecular flexibility index (Phi) is 5.13. The quantitative estimate of drug-likeness (QED) is 0.812. The highest BCUT2D eigenvalue weighted by molar-refractivity contribution is 8.01. The molecule has 1 aromatic heterocycles. The van der Waals surface area contributed by atoms with E-state index in [0.29, 0.717) is 28.8 Å². The maximum Gasteiger partial charge on any atom is 0.238 e. The zero-order chi connectivity index (χ0) is 17.8. The van der Waals surface area contributed by atoms with E-state index < -0.39 is 5.25 Å². The fourth-order valence-corrected chi connectivity index (χ4v) is 2.78. The molecule has 25 heavy (non-hydrogen) atoms. The number of amides is 2. The minimum atomic E-state index is -0.417. The van der Waals surface area contributed by atoms with E-state index in [1.165, 1.54) is 11.8 Å². The van der Waals surface area contributed by atoms with Crippen LogP contribution in [0.3, 0.4) is 0 Å². The number of ether oxygens (including phenoxy) is 2. The van der Waals surface area contributed by atoms with E-state index in [-0.39, 0.29) is 24.4 Å². The summed E-state index contributed by atoms with van der Waals surface area (Å²) in [6.07, 6.45) is 0. The van der Waals surface area contributed by atoms with E-state index in [0.717, 1.165) is 0 Å². The summed E-state index contributed by atoms with van der Waals surface area (Å²) in [7, 11) is 0. The Morgan fingerprint density at radius 3 is 2.80 bits per heavy atom. The van der Waals surface area contributed by atoms with Crippen LogP contribution in [0.1, 0.15) is 12.7 Å². The van der Waals surface area contributed by atoms with Crippen molar-refractivity contribution in [3.05, 3.63) is 30.0 Å². The maximum atomic E-state index is 12.0. The number of thioether (sulfide) groups is 1. The lowest BCUT2D eigenvalue weighted by molar-refractivity contribution is -0.115. The molecule has 0 fully saturated rings. The summed E-state index contributed by atoms with van der Waals surface area (Å²) < 4.78 is 15.4. The molecule has 1 aromatic carbocycles. The molecule has 0 aliphatic carbocycles. The van der Waals surface area contributed by atoms with Crippen molar-refractivity contribution in [1.29, 1.82) is 0 Å². The SMILES string of the molecule is Cc1cc(NC(=O)[C@@H](C)SCC(=O)Nc2ccc3c(c2)OCO3)no1. The third-order valence-corrected chi connectivity index (χ3v) is 4.51. The van der Waals surface area contributed by atoms with Gasteiger partial charge in [0.2, 0.25) is 18.6 Å². The van der Waals surface area contributed by atoms with Gasteiger partial charge < -0.3 is 24.6 Å². The predicted molar refractivity (Wildman–Crippen MR) is 93.0 cm³/mol. The first kappa shape index (κ1) is 17.2. The van der Waals surface area contributed by atoms with Gasteiger partial charge in [0, 0.05) is 17.8 Å². The molecule has 2 N–H and O–H groups in total. The number of carbonyl (C=O) groups excluding carboxylic acids is 2. The Hall–Kier alpha value is -2.68. The van der Waals surface area contributed by atoms with Gasteiger partial charge in [-0.05, 0) is 26.0 Å². The number of nitrogens with zero attached hydrogens (tertiary/aromatic N) is 1.